The zero-order valence-corrected chi connectivity index (χ0v) is 9.67. The minimum Gasteiger partial charge on any atom is -0.0988 e. The van der Waals surface area contributed by atoms with Gasteiger partial charge in [-0.15, -0.1) is 0 Å². The summed E-state index contributed by atoms with van der Waals surface area (Å²) in [6.07, 6.45) is 12.3. The maximum atomic E-state index is 3.78. The van der Waals surface area contributed by atoms with Gasteiger partial charge in [-0.1, -0.05) is 48.6 Å². The lowest BCUT2D eigenvalue weighted by atomic mass is 10.1. The van der Waals surface area contributed by atoms with Crippen LogP contribution >= 0.6 is 0 Å². The van der Waals surface area contributed by atoms with Crippen LogP contribution in [0.4, 0.5) is 0 Å². The standard InChI is InChI=1S/C14H20/c1-6-9-12(4)11-14(10-7-2)13(5)8-3/h6-11H,3H2,1-2,4-5H3/b9-6+,10-7-,12-11+,14-13-. The first-order valence-corrected chi connectivity index (χ1v) is 4.92. The average molecular weight is 188 g/mol. The van der Waals surface area contributed by atoms with E-state index in [-0.39, 0.29) is 0 Å². The van der Waals surface area contributed by atoms with Gasteiger partial charge in [0, 0.05) is 0 Å². The number of rotatable bonds is 4. The van der Waals surface area contributed by atoms with Crippen molar-refractivity contribution in [3.05, 3.63) is 59.8 Å². The Morgan fingerprint density at radius 1 is 1.00 bits per heavy atom. The molecule has 76 valence electrons. The van der Waals surface area contributed by atoms with Gasteiger partial charge in [0.15, 0.2) is 0 Å². The predicted octanol–water partition coefficient (Wildman–Crippen LogP) is 4.59. The largest absolute Gasteiger partial charge is 0.0988 e. The summed E-state index contributed by atoms with van der Waals surface area (Å²) in [5.74, 6) is 0. The van der Waals surface area contributed by atoms with E-state index in [1.54, 1.807) is 0 Å². The summed E-state index contributed by atoms with van der Waals surface area (Å²) in [5, 5.41) is 0. The van der Waals surface area contributed by atoms with E-state index in [0.29, 0.717) is 0 Å². The third kappa shape index (κ3) is 4.66. The molecule has 0 aromatic carbocycles. The third-order valence-corrected chi connectivity index (χ3v) is 1.92. The second kappa shape index (κ2) is 7.14. The van der Waals surface area contributed by atoms with Crippen molar-refractivity contribution in [2.45, 2.75) is 27.7 Å². The lowest BCUT2D eigenvalue weighted by Crippen LogP contribution is -1.80. The molecule has 0 aliphatic heterocycles. The summed E-state index contributed by atoms with van der Waals surface area (Å²) >= 11 is 0. The van der Waals surface area contributed by atoms with E-state index in [9.17, 15) is 0 Å². The molecule has 0 spiro atoms. The first-order valence-electron chi connectivity index (χ1n) is 4.92. The average Bonchev–Trinajstić information content (AvgIpc) is 2.16. The Balaban J connectivity index is 5.06. The van der Waals surface area contributed by atoms with Gasteiger partial charge >= 0.3 is 0 Å². The molecule has 0 aliphatic rings. The Kier molecular flexibility index (Phi) is 6.47. The van der Waals surface area contributed by atoms with Gasteiger partial charge in [0.25, 0.3) is 0 Å². The van der Waals surface area contributed by atoms with Gasteiger partial charge in [0.1, 0.15) is 0 Å². The highest BCUT2D eigenvalue weighted by Crippen LogP contribution is 2.11. The lowest BCUT2D eigenvalue weighted by Gasteiger charge is -2.00. The van der Waals surface area contributed by atoms with Crippen molar-refractivity contribution >= 4 is 0 Å². The topological polar surface area (TPSA) is 0 Å². The molecule has 0 unspecified atom stereocenters. The van der Waals surface area contributed by atoms with Crippen LogP contribution < -0.4 is 0 Å². The third-order valence-electron chi connectivity index (χ3n) is 1.92. The van der Waals surface area contributed by atoms with Gasteiger partial charge in [0.05, 0.1) is 0 Å². The van der Waals surface area contributed by atoms with Crippen LogP contribution in [-0.4, -0.2) is 0 Å². The number of allylic oxidation sites excluding steroid dienone is 9. The van der Waals surface area contributed by atoms with Crippen LogP contribution in [0.15, 0.2) is 59.8 Å². The van der Waals surface area contributed by atoms with Gasteiger partial charge in [0.2, 0.25) is 0 Å². The Morgan fingerprint density at radius 3 is 2.00 bits per heavy atom. The molecule has 0 aliphatic carbocycles. The minimum absolute atomic E-state index is 1.20. The highest BCUT2D eigenvalue weighted by Gasteiger charge is 1.92. The first-order chi connectivity index (χ1) is 6.65. The van der Waals surface area contributed by atoms with E-state index >= 15 is 0 Å². The molecule has 0 saturated heterocycles. The van der Waals surface area contributed by atoms with Gasteiger partial charge in [-0.3, -0.25) is 0 Å². The summed E-state index contributed by atoms with van der Waals surface area (Å²) in [7, 11) is 0. The molecule has 0 aromatic rings. The summed E-state index contributed by atoms with van der Waals surface area (Å²) in [4.78, 5) is 0. The summed E-state index contributed by atoms with van der Waals surface area (Å²) < 4.78 is 0. The summed E-state index contributed by atoms with van der Waals surface area (Å²) in [5.41, 5.74) is 3.67. The molecule has 0 rings (SSSR count). The first kappa shape index (κ1) is 12.7. The second-order valence-corrected chi connectivity index (χ2v) is 3.23. The molecule has 0 amide bonds. The number of hydrogen-bond donors (Lipinski definition) is 0. The van der Waals surface area contributed by atoms with Crippen LogP contribution in [0.2, 0.25) is 0 Å². The van der Waals surface area contributed by atoms with Crippen LogP contribution in [0.3, 0.4) is 0 Å². The van der Waals surface area contributed by atoms with Crippen molar-refractivity contribution in [3.63, 3.8) is 0 Å². The Bertz CT molecular complexity index is 296. The van der Waals surface area contributed by atoms with E-state index in [1.807, 2.05) is 32.1 Å². The SMILES string of the molecule is C=C/C(C)=C(/C=C\C)\C=C(C)\C=C\C. The van der Waals surface area contributed by atoms with Crippen LogP contribution in [0.1, 0.15) is 27.7 Å². The molecule has 0 N–H and O–H groups in total. The van der Waals surface area contributed by atoms with Crippen molar-refractivity contribution in [2.24, 2.45) is 0 Å². The predicted molar refractivity (Wildman–Crippen MR) is 66.3 cm³/mol. The highest BCUT2D eigenvalue weighted by molar-refractivity contribution is 5.42. The van der Waals surface area contributed by atoms with E-state index in [4.69, 9.17) is 0 Å². The molecule has 0 radical (unpaired) electrons. The van der Waals surface area contributed by atoms with E-state index in [0.717, 1.165) is 0 Å². The quantitative estimate of drug-likeness (QED) is 0.566. The molecule has 0 saturated carbocycles. The fraction of sp³-hybridized carbons (Fsp3) is 0.286. The van der Waals surface area contributed by atoms with Gasteiger partial charge < -0.3 is 0 Å². The van der Waals surface area contributed by atoms with Crippen molar-refractivity contribution in [1.82, 2.24) is 0 Å². The van der Waals surface area contributed by atoms with Gasteiger partial charge in [-0.2, -0.15) is 0 Å². The summed E-state index contributed by atoms with van der Waals surface area (Å²) in [6.45, 7) is 12.0. The zero-order chi connectivity index (χ0) is 11.0. The molecule has 0 fully saturated rings. The lowest BCUT2D eigenvalue weighted by molar-refractivity contribution is 1.40. The highest BCUT2D eigenvalue weighted by atomic mass is 14.0. The van der Waals surface area contributed by atoms with E-state index in [2.05, 4.69) is 38.7 Å². The van der Waals surface area contributed by atoms with Crippen molar-refractivity contribution in [1.29, 1.82) is 0 Å². The summed E-state index contributed by atoms with van der Waals surface area (Å²) in [6, 6.07) is 0. The molecule has 0 heterocycles. The minimum atomic E-state index is 1.20. The van der Waals surface area contributed by atoms with E-state index in [1.165, 1.54) is 16.7 Å². The molecule has 0 aromatic heterocycles. The smallest absolute Gasteiger partial charge is 0.0228 e. The molecule has 0 atom stereocenters. The molecule has 0 nitrogen and oxygen atoms in total. The normalized spacial score (nSPS) is 15.0. The number of hydrogen-bond acceptors (Lipinski definition) is 0. The second-order valence-electron chi connectivity index (χ2n) is 3.23. The van der Waals surface area contributed by atoms with E-state index < -0.39 is 0 Å². The van der Waals surface area contributed by atoms with Crippen molar-refractivity contribution < 1.29 is 0 Å². The molecular weight excluding hydrogens is 168 g/mol. The Hall–Kier alpha value is -1.30. The fourth-order valence-electron chi connectivity index (χ4n) is 1.15. The van der Waals surface area contributed by atoms with Crippen molar-refractivity contribution in [3.8, 4) is 0 Å². The van der Waals surface area contributed by atoms with Crippen LogP contribution in [0.25, 0.3) is 0 Å². The van der Waals surface area contributed by atoms with Crippen LogP contribution in [-0.2, 0) is 0 Å². The Labute approximate surface area is 88.0 Å². The fourth-order valence-corrected chi connectivity index (χ4v) is 1.15. The maximum Gasteiger partial charge on any atom is -0.0228 e. The Morgan fingerprint density at radius 2 is 1.57 bits per heavy atom. The van der Waals surface area contributed by atoms with Gasteiger partial charge in [-0.05, 0) is 38.8 Å². The monoisotopic (exact) mass is 188 g/mol. The maximum absolute atomic E-state index is 3.78. The zero-order valence-electron chi connectivity index (χ0n) is 9.67. The molecule has 0 bridgehead atoms. The molecular formula is C14H20. The van der Waals surface area contributed by atoms with Crippen LogP contribution in [0, 0.1) is 0 Å². The van der Waals surface area contributed by atoms with Crippen LogP contribution in [0.5, 0.6) is 0 Å². The molecule has 14 heavy (non-hydrogen) atoms. The van der Waals surface area contributed by atoms with Crippen molar-refractivity contribution in [2.75, 3.05) is 0 Å². The van der Waals surface area contributed by atoms with Gasteiger partial charge in [-0.25, -0.2) is 0 Å². The molecule has 0 heteroatoms.